The van der Waals surface area contributed by atoms with Crippen LogP contribution in [0.15, 0.2) is 37.1 Å². The van der Waals surface area contributed by atoms with Gasteiger partial charge in [-0.2, -0.15) is 15.0 Å². The number of nitrogen functional groups attached to an aromatic ring is 1. The summed E-state index contributed by atoms with van der Waals surface area (Å²) in [5.74, 6) is 1.50. The van der Waals surface area contributed by atoms with E-state index in [9.17, 15) is 0 Å². The molecule has 0 bridgehead atoms. The van der Waals surface area contributed by atoms with Gasteiger partial charge in [0.25, 0.3) is 0 Å². The number of ether oxygens (including phenoxy) is 1. The highest BCUT2D eigenvalue weighted by molar-refractivity contribution is 5.55. The van der Waals surface area contributed by atoms with Crippen LogP contribution in [0.4, 0.5) is 5.95 Å². The molecule has 8 heteroatoms. The molecule has 20 heavy (non-hydrogen) atoms. The lowest BCUT2D eigenvalue weighted by Crippen LogP contribution is -2.06. The van der Waals surface area contributed by atoms with Crippen molar-refractivity contribution < 1.29 is 4.74 Å². The summed E-state index contributed by atoms with van der Waals surface area (Å²) >= 11 is 0. The van der Waals surface area contributed by atoms with Crippen LogP contribution in [0.5, 0.6) is 5.88 Å². The molecule has 0 aliphatic heterocycles. The van der Waals surface area contributed by atoms with Crippen LogP contribution in [0.2, 0.25) is 0 Å². The van der Waals surface area contributed by atoms with Crippen LogP contribution >= 0.6 is 0 Å². The van der Waals surface area contributed by atoms with Crippen LogP contribution in [0.1, 0.15) is 0 Å². The lowest BCUT2D eigenvalue weighted by molar-refractivity contribution is 0.398. The molecule has 0 unspecified atom stereocenters. The Kier molecular flexibility index (Phi) is 2.96. The third-order valence-electron chi connectivity index (χ3n) is 2.58. The van der Waals surface area contributed by atoms with Crippen molar-refractivity contribution in [3.63, 3.8) is 0 Å². The van der Waals surface area contributed by atoms with E-state index >= 15 is 0 Å². The van der Waals surface area contributed by atoms with Gasteiger partial charge >= 0.3 is 0 Å². The first-order chi connectivity index (χ1) is 9.76. The average molecular weight is 269 g/mol. The zero-order valence-corrected chi connectivity index (χ0v) is 10.6. The Hall–Kier alpha value is -3.03. The summed E-state index contributed by atoms with van der Waals surface area (Å²) in [6.45, 7) is 0. The molecule has 3 heterocycles. The number of nitrogens with two attached hydrogens (primary N) is 1. The minimum absolute atomic E-state index is 0.134. The average Bonchev–Trinajstić information content (AvgIpc) is 3.01. The third-order valence-corrected chi connectivity index (χ3v) is 2.58. The maximum atomic E-state index is 5.72. The Balaban J connectivity index is 2.04. The number of rotatable bonds is 3. The van der Waals surface area contributed by atoms with Crippen molar-refractivity contribution in [1.82, 2.24) is 29.5 Å². The number of imidazole rings is 1. The number of pyridine rings is 1. The molecule has 0 saturated heterocycles. The van der Waals surface area contributed by atoms with E-state index < -0.39 is 0 Å². The van der Waals surface area contributed by atoms with Gasteiger partial charge in [0.2, 0.25) is 17.8 Å². The van der Waals surface area contributed by atoms with Crippen molar-refractivity contribution in [3.8, 4) is 23.2 Å². The van der Waals surface area contributed by atoms with Gasteiger partial charge < -0.3 is 10.5 Å². The summed E-state index contributed by atoms with van der Waals surface area (Å²) in [6, 6.07) is 3.53. The van der Waals surface area contributed by atoms with Crippen molar-refractivity contribution in [2.45, 2.75) is 0 Å². The van der Waals surface area contributed by atoms with Gasteiger partial charge in [0.05, 0.1) is 7.11 Å². The molecule has 2 N–H and O–H groups in total. The van der Waals surface area contributed by atoms with E-state index in [2.05, 4.69) is 24.9 Å². The monoisotopic (exact) mass is 269 g/mol. The summed E-state index contributed by atoms with van der Waals surface area (Å²) in [4.78, 5) is 20.6. The highest BCUT2D eigenvalue weighted by atomic mass is 16.5. The standard InChI is InChI=1S/C12H11N7O/c1-20-9-3-2-8(6-15-9)10-16-11(13)18-12(17-10)19-5-4-14-7-19/h2-7H,1H3,(H2,13,16,17,18). The van der Waals surface area contributed by atoms with Gasteiger partial charge in [-0.25, -0.2) is 9.97 Å². The molecule has 3 rings (SSSR count). The lowest BCUT2D eigenvalue weighted by Gasteiger charge is -2.05. The van der Waals surface area contributed by atoms with Crippen LogP contribution in [0, 0.1) is 0 Å². The predicted octanol–water partition coefficient (Wildman–Crippen LogP) is 0.710. The largest absolute Gasteiger partial charge is 0.481 e. The van der Waals surface area contributed by atoms with Gasteiger partial charge in [-0.15, -0.1) is 0 Å². The van der Waals surface area contributed by atoms with Gasteiger partial charge in [-0.05, 0) is 6.07 Å². The van der Waals surface area contributed by atoms with Gasteiger partial charge in [0.1, 0.15) is 6.33 Å². The van der Waals surface area contributed by atoms with Gasteiger partial charge in [0, 0.05) is 30.2 Å². The molecule has 0 fully saturated rings. The smallest absolute Gasteiger partial charge is 0.240 e. The summed E-state index contributed by atoms with van der Waals surface area (Å²) in [7, 11) is 1.56. The maximum absolute atomic E-state index is 5.72. The third kappa shape index (κ3) is 2.26. The molecule has 3 aromatic rings. The first kappa shape index (κ1) is 12.0. The molecule has 0 atom stereocenters. The zero-order chi connectivity index (χ0) is 13.9. The van der Waals surface area contributed by atoms with Crippen LogP contribution in [0.3, 0.4) is 0 Å². The first-order valence-electron chi connectivity index (χ1n) is 5.76. The molecular weight excluding hydrogens is 258 g/mol. The van der Waals surface area contributed by atoms with Crippen LogP contribution in [0.25, 0.3) is 17.3 Å². The highest BCUT2D eigenvalue weighted by Crippen LogP contribution is 2.17. The Morgan fingerprint density at radius 1 is 1.20 bits per heavy atom. The zero-order valence-electron chi connectivity index (χ0n) is 10.6. The topological polar surface area (TPSA) is 105 Å². The molecular formula is C12H11N7O. The minimum Gasteiger partial charge on any atom is -0.481 e. The minimum atomic E-state index is 0.134. The van der Waals surface area contributed by atoms with Gasteiger partial charge in [-0.1, -0.05) is 0 Å². The Morgan fingerprint density at radius 3 is 2.75 bits per heavy atom. The number of hydrogen-bond donors (Lipinski definition) is 1. The second-order valence-electron chi connectivity index (χ2n) is 3.88. The Labute approximate surface area is 114 Å². The Morgan fingerprint density at radius 2 is 2.10 bits per heavy atom. The van der Waals surface area contributed by atoms with E-state index in [1.807, 2.05) is 0 Å². The summed E-state index contributed by atoms with van der Waals surface area (Å²) in [5, 5.41) is 0. The maximum Gasteiger partial charge on any atom is 0.240 e. The van der Waals surface area contributed by atoms with E-state index in [1.165, 1.54) is 0 Å². The van der Waals surface area contributed by atoms with Crippen molar-refractivity contribution >= 4 is 5.95 Å². The van der Waals surface area contributed by atoms with Crippen LogP contribution in [-0.2, 0) is 0 Å². The molecule has 3 aromatic heterocycles. The van der Waals surface area contributed by atoms with E-state index in [1.54, 1.807) is 48.7 Å². The fourth-order valence-corrected chi connectivity index (χ4v) is 1.64. The molecule has 8 nitrogen and oxygen atoms in total. The fourth-order valence-electron chi connectivity index (χ4n) is 1.64. The fraction of sp³-hybridized carbons (Fsp3) is 0.0833. The second kappa shape index (κ2) is 4.92. The van der Waals surface area contributed by atoms with Crippen molar-refractivity contribution in [1.29, 1.82) is 0 Å². The van der Waals surface area contributed by atoms with Crippen molar-refractivity contribution in [2.24, 2.45) is 0 Å². The SMILES string of the molecule is COc1ccc(-c2nc(N)nc(-n3ccnc3)n2)cn1. The molecule has 100 valence electrons. The Bertz CT molecular complexity index is 709. The lowest BCUT2D eigenvalue weighted by atomic mass is 10.3. The van der Waals surface area contributed by atoms with E-state index in [4.69, 9.17) is 10.5 Å². The normalized spacial score (nSPS) is 10.4. The molecule has 0 saturated carbocycles. The first-order valence-corrected chi connectivity index (χ1v) is 5.76. The molecule has 0 spiro atoms. The summed E-state index contributed by atoms with van der Waals surface area (Å²) < 4.78 is 6.66. The van der Waals surface area contributed by atoms with E-state index in [0.717, 1.165) is 5.56 Å². The van der Waals surface area contributed by atoms with E-state index in [-0.39, 0.29) is 5.95 Å². The molecule has 0 aliphatic rings. The quantitative estimate of drug-likeness (QED) is 0.746. The van der Waals surface area contributed by atoms with Crippen LogP contribution in [-0.4, -0.2) is 36.6 Å². The van der Waals surface area contributed by atoms with Crippen molar-refractivity contribution in [3.05, 3.63) is 37.1 Å². The summed E-state index contributed by atoms with van der Waals surface area (Å²) in [5.41, 5.74) is 6.44. The number of hydrogen-bond acceptors (Lipinski definition) is 7. The van der Waals surface area contributed by atoms with Gasteiger partial charge in [-0.3, -0.25) is 4.57 Å². The highest BCUT2D eigenvalue weighted by Gasteiger charge is 2.08. The molecule has 0 aromatic carbocycles. The number of nitrogens with zero attached hydrogens (tertiary/aromatic N) is 6. The number of anilines is 1. The van der Waals surface area contributed by atoms with E-state index in [0.29, 0.717) is 17.7 Å². The molecule has 0 amide bonds. The number of methoxy groups -OCH3 is 1. The summed E-state index contributed by atoms with van der Waals surface area (Å²) in [6.07, 6.45) is 6.57. The van der Waals surface area contributed by atoms with Crippen LogP contribution < -0.4 is 10.5 Å². The second-order valence-corrected chi connectivity index (χ2v) is 3.88. The molecule has 0 radical (unpaired) electrons. The van der Waals surface area contributed by atoms with Gasteiger partial charge in [0.15, 0.2) is 5.82 Å². The van der Waals surface area contributed by atoms with Crippen molar-refractivity contribution in [2.75, 3.05) is 12.8 Å². The molecule has 0 aliphatic carbocycles. The predicted molar refractivity (Wildman–Crippen MR) is 71.1 cm³/mol. The number of aromatic nitrogens is 6.